The van der Waals surface area contributed by atoms with Crippen molar-refractivity contribution in [3.63, 3.8) is 0 Å². The SMILES string of the molecule is CCOc1ccc(C(=O)N[C@H](C(=O)NCC2CCCCC2)C(C)C)cc1. The van der Waals surface area contributed by atoms with E-state index in [1.54, 1.807) is 24.3 Å². The first-order valence-corrected chi connectivity index (χ1v) is 9.82. The highest BCUT2D eigenvalue weighted by molar-refractivity contribution is 5.97. The van der Waals surface area contributed by atoms with Gasteiger partial charge in [0.15, 0.2) is 0 Å². The van der Waals surface area contributed by atoms with Gasteiger partial charge in [-0.2, -0.15) is 0 Å². The lowest BCUT2D eigenvalue weighted by molar-refractivity contribution is -0.124. The standard InChI is InChI=1S/C21H32N2O3/c1-4-26-18-12-10-17(11-13-18)20(24)23-19(15(2)3)21(25)22-14-16-8-6-5-7-9-16/h10-13,15-16,19H,4-9,14H2,1-3H3,(H,22,25)(H,23,24)/t19-/m0/s1. The molecule has 26 heavy (non-hydrogen) atoms. The zero-order chi connectivity index (χ0) is 18.9. The van der Waals surface area contributed by atoms with Crippen molar-refractivity contribution in [3.05, 3.63) is 29.8 Å². The minimum Gasteiger partial charge on any atom is -0.494 e. The Balaban J connectivity index is 1.91. The fourth-order valence-electron chi connectivity index (χ4n) is 3.37. The molecule has 0 aliphatic heterocycles. The van der Waals surface area contributed by atoms with Crippen LogP contribution in [0.4, 0.5) is 0 Å². The molecule has 5 nitrogen and oxygen atoms in total. The molecule has 0 spiro atoms. The summed E-state index contributed by atoms with van der Waals surface area (Å²) in [5.74, 6) is 0.995. The van der Waals surface area contributed by atoms with Gasteiger partial charge in [-0.3, -0.25) is 9.59 Å². The third kappa shape index (κ3) is 6.04. The van der Waals surface area contributed by atoms with Crippen LogP contribution in [0.1, 0.15) is 63.2 Å². The lowest BCUT2D eigenvalue weighted by atomic mass is 9.89. The van der Waals surface area contributed by atoms with Crippen LogP contribution in [0.15, 0.2) is 24.3 Å². The molecule has 2 amide bonds. The minimum atomic E-state index is -0.530. The van der Waals surface area contributed by atoms with E-state index in [4.69, 9.17) is 4.74 Å². The predicted molar refractivity (Wildman–Crippen MR) is 103 cm³/mol. The van der Waals surface area contributed by atoms with E-state index in [1.165, 1.54) is 32.1 Å². The summed E-state index contributed by atoms with van der Waals surface area (Å²) in [5.41, 5.74) is 0.527. The Hall–Kier alpha value is -2.04. The van der Waals surface area contributed by atoms with Crippen LogP contribution in [0.2, 0.25) is 0 Å². The Morgan fingerprint density at radius 3 is 2.35 bits per heavy atom. The molecule has 0 radical (unpaired) electrons. The zero-order valence-electron chi connectivity index (χ0n) is 16.2. The van der Waals surface area contributed by atoms with Gasteiger partial charge in [0.1, 0.15) is 11.8 Å². The first-order chi connectivity index (χ1) is 12.5. The van der Waals surface area contributed by atoms with Crippen LogP contribution < -0.4 is 15.4 Å². The summed E-state index contributed by atoms with van der Waals surface area (Å²) in [6, 6.07) is 6.45. The van der Waals surface area contributed by atoms with Crippen molar-refractivity contribution in [2.75, 3.05) is 13.2 Å². The second kappa shape index (κ2) is 10.2. The van der Waals surface area contributed by atoms with E-state index in [0.717, 1.165) is 5.75 Å². The molecular formula is C21H32N2O3. The van der Waals surface area contributed by atoms with Crippen LogP contribution in [0.3, 0.4) is 0 Å². The van der Waals surface area contributed by atoms with Gasteiger partial charge in [-0.1, -0.05) is 33.1 Å². The monoisotopic (exact) mass is 360 g/mol. The normalized spacial score (nSPS) is 16.2. The Bertz CT molecular complexity index is 577. The molecule has 0 bridgehead atoms. The number of hydrogen-bond acceptors (Lipinski definition) is 3. The maximum absolute atomic E-state index is 12.6. The Morgan fingerprint density at radius 1 is 1.12 bits per heavy atom. The molecule has 0 unspecified atom stereocenters. The molecule has 0 aromatic heterocycles. The molecule has 2 N–H and O–H groups in total. The van der Waals surface area contributed by atoms with E-state index in [1.807, 2.05) is 20.8 Å². The fourth-order valence-corrected chi connectivity index (χ4v) is 3.37. The summed E-state index contributed by atoms with van der Waals surface area (Å²) in [6.45, 7) is 7.11. The number of carbonyl (C=O) groups is 2. The summed E-state index contributed by atoms with van der Waals surface area (Å²) in [6.07, 6.45) is 6.18. The number of nitrogens with one attached hydrogen (secondary N) is 2. The molecule has 1 atom stereocenters. The van der Waals surface area contributed by atoms with Crippen molar-refractivity contribution in [2.24, 2.45) is 11.8 Å². The molecule has 1 aromatic carbocycles. The summed E-state index contributed by atoms with van der Waals surface area (Å²) in [7, 11) is 0. The van der Waals surface area contributed by atoms with Gasteiger partial charge in [0, 0.05) is 12.1 Å². The molecule has 1 aliphatic rings. The summed E-state index contributed by atoms with van der Waals surface area (Å²) >= 11 is 0. The van der Waals surface area contributed by atoms with Crippen LogP contribution in [0.5, 0.6) is 5.75 Å². The largest absolute Gasteiger partial charge is 0.494 e. The van der Waals surface area contributed by atoms with Crippen LogP contribution in [0.25, 0.3) is 0 Å². The number of benzene rings is 1. The van der Waals surface area contributed by atoms with E-state index in [2.05, 4.69) is 10.6 Å². The number of ether oxygens (including phenoxy) is 1. The van der Waals surface area contributed by atoms with Crippen LogP contribution >= 0.6 is 0 Å². The van der Waals surface area contributed by atoms with Gasteiger partial charge in [-0.05, 0) is 55.9 Å². The van der Waals surface area contributed by atoms with Gasteiger partial charge >= 0.3 is 0 Å². The van der Waals surface area contributed by atoms with E-state index in [0.29, 0.717) is 24.6 Å². The van der Waals surface area contributed by atoms with Gasteiger partial charge < -0.3 is 15.4 Å². The van der Waals surface area contributed by atoms with Gasteiger partial charge in [0.2, 0.25) is 5.91 Å². The van der Waals surface area contributed by atoms with Gasteiger partial charge in [0.25, 0.3) is 5.91 Å². The third-order valence-electron chi connectivity index (χ3n) is 4.95. The highest BCUT2D eigenvalue weighted by Gasteiger charge is 2.25. The number of rotatable bonds is 8. The van der Waals surface area contributed by atoms with Gasteiger partial charge in [-0.15, -0.1) is 0 Å². The molecule has 0 heterocycles. The first-order valence-electron chi connectivity index (χ1n) is 9.82. The topological polar surface area (TPSA) is 67.4 Å². The summed E-state index contributed by atoms with van der Waals surface area (Å²) in [5, 5.41) is 5.92. The molecule has 1 fully saturated rings. The first kappa shape index (κ1) is 20.3. The van der Waals surface area contributed by atoms with Crippen LogP contribution in [-0.2, 0) is 4.79 Å². The molecule has 5 heteroatoms. The molecule has 2 rings (SSSR count). The van der Waals surface area contributed by atoms with Crippen LogP contribution in [-0.4, -0.2) is 31.0 Å². The lowest BCUT2D eigenvalue weighted by Crippen LogP contribution is -2.50. The van der Waals surface area contributed by atoms with Crippen molar-refractivity contribution >= 4 is 11.8 Å². The number of hydrogen-bond donors (Lipinski definition) is 2. The Labute approximate surface area is 156 Å². The van der Waals surface area contributed by atoms with Crippen molar-refractivity contribution in [2.45, 2.75) is 58.9 Å². The maximum Gasteiger partial charge on any atom is 0.251 e. The van der Waals surface area contributed by atoms with E-state index < -0.39 is 6.04 Å². The molecule has 1 saturated carbocycles. The lowest BCUT2D eigenvalue weighted by Gasteiger charge is -2.25. The highest BCUT2D eigenvalue weighted by atomic mass is 16.5. The molecule has 0 saturated heterocycles. The summed E-state index contributed by atoms with van der Waals surface area (Å²) in [4.78, 5) is 25.1. The van der Waals surface area contributed by atoms with Crippen LogP contribution in [0, 0.1) is 11.8 Å². The highest BCUT2D eigenvalue weighted by Crippen LogP contribution is 2.22. The van der Waals surface area contributed by atoms with E-state index in [9.17, 15) is 9.59 Å². The fraction of sp³-hybridized carbons (Fsp3) is 0.619. The van der Waals surface area contributed by atoms with Crippen molar-refractivity contribution in [3.8, 4) is 5.75 Å². The molecule has 144 valence electrons. The van der Waals surface area contributed by atoms with E-state index in [-0.39, 0.29) is 17.7 Å². The molecule has 1 aromatic rings. The quantitative estimate of drug-likeness (QED) is 0.745. The van der Waals surface area contributed by atoms with Crippen molar-refractivity contribution in [1.82, 2.24) is 10.6 Å². The average Bonchev–Trinajstić information content (AvgIpc) is 2.65. The average molecular weight is 360 g/mol. The van der Waals surface area contributed by atoms with Gasteiger partial charge in [-0.25, -0.2) is 0 Å². The van der Waals surface area contributed by atoms with Crippen molar-refractivity contribution in [1.29, 1.82) is 0 Å². The molecular weight excluding hydrogens is 328 g/mol. The second-order valence-corrected chi connectivity index (χ2v) is 7.40. The smallest absolute Gasteiger partial charge is 0.251 e. The van der Waals surface area contributed by atoms with Crippen molar-refractivity contribution < 1.29 is 14.3 Å². The third-order valence-corrected chi connectivity index (χ3v) is 4.95. The number of amides is 2. The predicted octanol–water partition coefficient (Wildman–Crippen LogP) is 3.54. The number of carbonyl (C=O) groups excluding carboxylic acids is 2. The Morgan fingerprint density at radius 2 is 1.77 bits per heavy atom. The van der Waals surface area contributed by atoms with E-state index >= 15 is 0 Å². The zero-order valence-corrected chi connectivity index (χ0v) is 16.2. The second-order valence-electron chi connectivity index (χ2n) is 7.40. The van der Waals surface area contributed by atoms with Gasteiger partial charge in [0.05, 0.1) is 6.61 Å². The Kier molecular flexibility index (Phi) is 7.95. The maximum atomic E-state index is 12.6. The summed E-state index contributed by atoms with van der Waals surface area (Å²) < 4.78 is 5.39. The minimum absolute atomic E-state index is 0.0213. The molecule has 1 aliphatic carbocycles.